The Balaban J connectivity index is -0.000000108. The summed E-state index contributed by atoms with van der Waals surface area (Å²) in [5, 5.41) is 28.4. The molecule has 0 heterocycles. The Morgan fingerprint density at radius 2 is 0.682 bits per heavy atom. The van der Waals surface area contributed by atoms with Gasteiger partial charge in [-0.2, -0.15) is 0 Å². The van der Waals surface area contributed by atoms with Crippen molar-refractivity contribution < 1.29 is 60.6 Å². The number of carbonyl (C=O) groups is 6. The van der Waals surface area contributed by atoms with E-state index in [9.17, 15) is 44.1 Å². The molecular formula is C12H15NiO9. The summed E-state index contributed by atoms with van der Waals surface area (Å²) in [6.07, 6.45) is -1.42. The molecule has 0 aromatic heterocycles. The number of rotatable bonds is 6. The second kappa shape index (κ2) is 17.0. The molecule has 0 aromatic rings. The molecule has 22 heavy (non-hydrogen) atoms. The smallest absolute Gasteiger partial charge is 0.550 e. The zero-order valence-corrected chi connectivity index (χ0v) is 13.1. The summed E-state index contributed by atoms with van der Waals surface area (Å²) in [5.74, 6) is -5.06. The molecule has 0 amide bonds. The first-order valence-corrected chi connectivity index (χ1v) is 5.46. The van der Waals surface area contributed by atoms with Crippen LogP contribution in [0.5, 0.6) is 0 Å². The maximum atomic E-state index is 9.83. The molecule has 127 valence electrons. The van der Waals surface area contributed by atoms with Crippen LogP contribution in [0.3, 0.4) is 0 Å². The zero-order chi connectivity index (χ0) is 17.6. The number of Topliss-reactive ketones (excluding diaryl/α,β-unsaturated/α-hetero) is 3. The van der Waals surface area contributed by atoms with E-state index in [1.54, 1.807) is 0 Å². The number of carboxylic acid groups (broad SMARTS) is 3. The second-order valence-corrected chi connectivity index (χ2v) is 3.75. The summed E-state index contributed by atoms with van der Waals surface area (Å²) in [5.41, 5.74) is 0. The summed E-state index contributed by atoms with van der Waals surface area (Å²) < 4.78 is 0. The molecule has 0 aliphatic heterocycles. The first kappa shape index (κ1) is 28.1. The summed E-state index contributed by atoms with van der Waals surface area (Å²) in [6, 6.07) is 0. The molecule has 0 saturated carbocycles. The molecule has 0 aromatic carbocycles. The van der Waals surface area contributed by atoms with Crippen molar-refractivity contribution in [3.63, 3.8) is 0 Å². The van der Waals surface area contributed by atoms with Gasteiger partial charge in [-0.1, -0.05) is 0 Å². The third-order valence-electron chi connectivity index (χ3n) is 1.18. The van der Waals surface area contributed by atoms with Crippen LogP contribution >= 0.6 is 0 Å². The predicted molar refractivity (Wildman–Crippen MR) is 60.9 cm³/mol. The van der Waals surface area contributed by atoms with Crippen molar-refractivity contribution in [1.82, 2.24) is 0 Å². The quantitative estimate of drug-likeness (QED) is 0.339. The van der Waals surface area contributed by atoms with Crippen LogP contribution in [-0.4, -0.2) is 35.3 Å². The third kappa shape index (κ3) is 52.1. The predicted octanol–water partition coefficient (Wildman–Crippen LogP) is -3.86. The molecule has 0 rings (SSSR count). The van der Waals surface area contributed by atoms with Crippen molar-refractivity contribution in [2.24, 2.45) is 0 Å². The average Bonchev–Trinajstić information content (AvgIpc) is 2.10. The van der Waals surface area contributed by atoms with Gasteiger partial charge in [-0.3, -0.25) is 14.4 Å². The van der Waals surface area contributed by atoms with E-state index in [0.29, 0.717) is 0 Å². The van der Waals surface area contributed by atoms with Gasteiger partial charge in [0.2, 0.25) is 0 Å². The average molecular weight is 362 g/mol. The van der Waals surface area contributed by atoms with E-state index in [1.807, 2.05) is 0 Å². The van der Waals surface area contributed by atoms with E-state index in [4.69, 9.17) is 0 Å². The normalized spacial score (nSPS) is 7.77. The van der Waals surface area contributed by atoms with Crippen LogP contribution in [-0.2, 0) is 45.3 Å². The monoisotopic (exact) mass is 361 g/mol. The van der Waals surface area contributed by atoms with Crippen molar-refractivity contribution >= 4 is 35.3 Å². The van der Waals surface area contributed by atoms with E-state index in [1.165, 1.54) is 20.8 Å². The molecule has 0 N–H and O–H groups in total. The van der Waals surface area contributed by atoms with Gasteiger partial charge in [0.25, 0.3) is 0 Å². The number of hydrogen-bond acceptors (Lipinski definition) is 9. The van der Waals surface area contributed by atoms with E-state index in [-0.39, 0.29) is 33.8 Å². The van der Waals surface area contributed by atoms with Gasteiger partial charge >= 0.3 is 16.5 Å². The fourth-order valence-electron chi connectivity index (χ4n) is 0.610. The number of ketones is 3. The van der Waals surface area contributed by atoms with Crippen molar-refractivity contribution in [3.05, 3.63) is 0 Å². The van der Waals surface area contributed by atoms with E-state index < -0.39 is 37.2 Å². The second-order valence-electron chi connectivity index (χ2n) is 3.75. The van der Waals surface area contributed by atoms with Gasteiger partial charge in [-0.25, -0.2) is 0 Å². The van der Waals surface area contributed by atoms with Crippen molar-refractivity contribution in [2.45, 2.75) is 40.0 Å². The first-order chi connectivity index (χ1) is 9.38. The van der Waals surface area contributed by atoms with Gasteiger partial charge in [0.15, 0.2) is 0 Å². The molecule has 1 radical (unpaired) electrons. The van der Waals surface area contributed by atoms with E-state index in [2.05, 4.69) is 0 Å². The summed E-state index contributed by atoms with van der Waals surface area (Å²) in [7, 11) is 0. The van der Waals surface area contributed by atoms with Crippen LogP contribution in [0.1, 0.15) is 40.0 Å². The molecule has 0 aliphatic carbocycles. The molecule has 9 nitrogen and oxygen atoms in total. The molecular weight excluding hydrogens is 347 g/mol. The van der Waals surface area contributed by atoms with Crippen LogP contribution in [0.15, 0.2) is 0 Å². The van der Waals surface area contributed by atoms with E-state index >= 15 is 0 Å². The molecule has 0 spiro atoms. The van der Waals surface area contributed by atoms with Gasteiger partial charge < -0.3 is 29.7 Å². The number of hydrogen-bond donors (Lipinski definition) is 0. The molecule has 0 fully saturated rings. The third-order valence-corrected chi connectivity index (χ3v) is 1.18. The van der Waals surface area contributed by atoms with Crippen LogP contribution in [0.25, 0.3) is 0 Å². The van der Waals surface area contributed by atoms with Gasteiger partial charge in [0.05, 0.1) is 0 Å². The minimum Gasteiger partial charge on any atom is -0.550 e. The van der Waals surface area contributed by atoms with Gasteiger partial charge in [0.1, 0.15) is 17.3 Å². The topological polar surface area (TPSA) is 172 Å². The fraction of sp³-hybridized carbons (Fsp3) is 0.500. The Morgan fingerprint density at radius 3 is 0.682 bits per heavy atom. The summed E-state index contributed by atoms with van der Waals surface area (Å²) >= 11 is 0. The summed E-state index contributed by atoms with van der Waals surface area (Å²) in [4.78, 5) is 57.9. The number of aliphatic carboxylic acids is 3. The SMILES string of the molecule is CC(=O)CC(=O)[O-].CC(=O)CC(=O)[O-].CC(=O)CC(=O)[O-].[Ni+3]. The summed E-state index contributed by atoms with van der Waals surface area (Å²) in [6.45, 7) is 3.61. The van der Waals surface area contributed by atoms with Gasteiger partial charge in [0, 0.05) is 37.2 Å². The molecule has 0 atom stereocenters. The molecule has 0 bridgehead atoms. The Labute approximate surface area is 136 Å². The Bertz CT molecular complexity index is 317. The fourth-order valence-corrected chi connectivity index (χ4v) is 0.610. The Kier molecular flexibility index (Phi) is 21.7. The Morgan fingerprint density at radius 1 is 0.545 bits per heavy atom. The Hall–Kier alpha value is -2.09. The maximum Gasteiger partial charge on any atom is 3.00 e. The minimum atomic E-state index is -1.31. The van der Waals surface area contributed by atoms with Crippen LogP contribution in [0.4, 0.5) is 0 Å². The van der Waals surface area contributed by atoms with Crippen LogP contribution in [0, 0.1) is 0 Å². The van der Waals surface area contributed by atoms with Crippen LogP contribution < -0.4 is 15.3 Å². The largest absolute Gasteiger partial charge is 3.00 e. The van der Waals surface area contributed by atoms with Crippen molar-refractivity contribution in [3.8, 4) is 0 Å². The maximum absolute atomic E-state index is 9.83. The van der Waals surface area contributed by atoms with Gasteiger partial charge in [-0.05, 0) is 20.8 Å². The van der Waals surface area contributed by atoms with Crippen LogP contribution in [0.2, 0.25) is 0 Å². The molecule has 0 aliphatic rings. The van der Waals surface area contributed by atoms with Gasteiger partial charge in [-0.15, -0.1) is 0 Å². The first-order valence-electron chi connectivity index (χ1n) is 5.46. The molecule has 0 unspecified atom stereocenters. The van der Waals surface area contributed by atoms with Crippen molar-refractivity contribution in [2.75, 3.05) is 0 Å². The minimum absolute atomic E-state index is 0. The van der Waals surface area contributed by atoms with E-state index in [0.717, 1.165) is 0 Å². The number of carbonyl (C=O) groups excluding carboxylic acids is 6. The number of carboxylic acids is 3. The molecule has 0 saturated heterocycles. The standard InChI is InChI=1S/3C4H6O3.Ni/c3*1-3(5)2-4(6)7;/h3*2H2,1H3,(H,6,7);/q;;;+3/p-3. The van der Waals surface area contributed by atoms with Crippen molar-refractivity contribution in [1.29, 1.82) is 0 Å². The zero-order valence-electron chi connectivity index (χ0n) is 12.1. The molecule has 10 heteroatoms.